The number of rotatable bonds is 7. The zero-order valence-electron chi connectivity index (χ0n) is 25.2. The van der Waals surface area contributed by atoms with Crippen molar-refractivity contribution in [3.8, 4) is 22.5 Å². The molecule has 0 spiro atoms. The maximum absolute atomic E-state index is 13.0. The van der Waals surface area contributed by atoms with Gasteiger partial charge in [-0.05, 0) is 61.7 Å². The number of H-pyrrole nitrogens is 1. The average Bonchev–Trinajstić information content (AvgIpc) is 3.36. The van der Waals surface area contributed by atoms with Crippen LogP contribution in [0.25, 0.3) is 44.6 Å². The molecule has 0 aliphatic carbocycles. The van der Waals surface area contributed by atoms with E-state index in [9.17, 15) is 9.59 Å². The minimum Gasteiger partial charge on any atom is -0.444 e. The van der Waals surface area contributed by atoms with E-state index in [1.54, 1.807) is 24.3 Å². The third kappa shape index (κ3) is 6.22. The van der Waals surface area contributed by atoms with E-state index in [4.69, 9.17) is 14.7 Å². The highest BCUT2D eigenvalue weighted by Crippen LogP contribution is 2.29. The van der Waals surface area contributed by atoms with Crippen molar-refractivity contribution in [2.75, 3.05) is 13.6 Å². The predicted molar refractivity (Wildman–Crippen MR) is 172 cm³/mol. The summed E-state index contributed by atoms with van der Waals surface area (Å²) in [5, 5.41) is 0. The highest BCUT2D eigenvalue weighted by Gasteiger charge is 2.21. The van der Waals surface area contributed by atoms with Gasteiger partial charge < -0.3 is 19.2 Å². The maximum atomic E-state index is 13.0. The summed E-state index contributed by atoms with van der Waals surface area (Å²) in [6.07, 6.45) is 3.59. The van der Waals surface area contributed by atoms with Gasteiger partial charge in [0.15, 0.2) is 0 Å². The van der Waals surface area contributed by atoms with Crippen molar-refractivity contribution in [3.63, 3.8) is 0 Å². The molecule has 3 aromatic heterocycles. The Kier molecular flexibility index (Phi) is 7.69. The molecule has 0 bridgehead atoms. The number of nitrogens with one attached hydrogen (secondary N) is 1. The molecule has 44 heavy (non-hydrogen) atoms. The van der Waals surface area contributed by atoms with Crippen LogP contribution in [0.3, 0.4) is 0 Å². The Bertz CT molecular complexity index is 1990. The van der Waals surface area contributed by atoms with Crippen LogP contribution >= 0.6 is 0 Å². The Morgan fingerprint density at radius 3 is 2.27 bits per heavy atom. The van der Waals surface area contributed by atoms with Crippen LogP contribution in [0, 0.1) is 0 Å². The van der Waals surface area contributed by atoms with Crippen molar-refractivity contribution >= 4 is 28.2 Å². The lowest BCUT2D eigenvalue weighted by molar-refractivity contribution is 0.0294. The fourth-order valence-electron chi connectivity index (χ4n) is 5.14. The van der Waals surface area contributed by atoms with Crippen molar-refractivity contribution in [1.82, 2.24) is 29.4 Å². The standard InChI is InChI=1S/C35H34N6O3/c1-35(2,3)44-34(43)40(4)18-19-41-31-22-28-27(39-33(42)30(37-28)20-23-8-6-5-7-9-23)21-29(31)38-32(41)26-12-10-24(11-13-26)25-14-16-36-17-15-25/h5-17,21-22H,18-20H2,1-4H3,(H,39,42). The molecule has 0 radical (unpaired) electrons. The molecule has 6 rings (SSSR count). The zero-order valence-corrected chi connectivity index (χ0v) is 25.2. The van der Waals surface area contributed by atoms with Crippen LogP contribution in [0.15, 0.2) is 96.1 Å². The first kappa shape index (κ1) is 28.8. The number of pyridine rings is 1. The van der Waals surface area contributed by atoms with Crippen LogP contribution in [0.2, 0.25) is 0 Å². The van der Waals surface area contributed by atoms with Gasteiger partial charge in [-0.1, -0.05) is 54.6 Å². The number of fused-ring (bicyclic) bond motifs is 2. The maximum Gasteiger partial charge on any atom is 0.410 e. The largest absolute Gasteiger partial charge is 0.444 e. The number of imidazole rings is 1. The van der Waals surface area contributed by atoms with Gasteiger partial charge in [0.2, 0.25) is 0 Å². The Balaban J connectivity index is 1.41. The van der Waals surface area contributed by atoms with E-state index in [2.05, 4.69) is 26.7 Å². The van der Waals surface area contributed by atoms with Crippen molar-refractivity contribution < 1.29 is 9.53 Å². The number of aromatic nitrogens is 5. The van der Waals surface area contributed by atoms with Crippen molar-refractivity contribution in [2.45, 2.75) is 39.3 Å². The summed E-state index contributed by atoms with van der Waals surface area (Å²) in [6, 6.07) is 25.8. The number of amides is 1. The van der Waals surface area contributed by atoms with E-state index < -0.39 is 5.60 Å². The quantitative estimate of drug-likeness (QED) is 0.230. The fourth-order valence-corrected chi connectivity index (χ4v) is 5.14. The third-order valence-electron chi connectivity index (χ3n) is 7.37. The molecule has 1 N–H and O–H groups in total. The molecule has 0 unspecified atom stereocenters. The third-order valence-corrected chi connectivity index (χ3v) is 7.37. The summed E-state index contributed by atoms with van der Waals surface area (Å²) in [4.78, 5) is 44.2. The molecular weight excluding hydrogens is 552 g/mol. The number of ether oxygens (including phenoxy) is 1. The first-order valence-electron chi connectivity index (χ1n) is 14.6. The number of likely N-dealkylation sites (N-methyl/N-ethyl adjacent to an activating group) is 1. The lowest BCUT2D eigenvalue weighted by Crippen LogP contribution is -2.36. The van der Waals surface area contributed by atoms with Crippen LogP contribution in [0.1, 0.15) is 32.0 Å². The van der Waals surface area contributed by atoms with Gasteiger partial charge in [-0.2, -0.15) is 0 Å². The number of hydrogen-bond donors (Lipinski definition) is 1. The summed E-state index contributed by atoms with van der Waals surface area (Å²) >= 11 is 0. The van der Waals surface area contributed by atoms with Crippen molar-refractivity contribution in [2.24, 2.45) is 0 Å². The smallest absolute Gasteiger partial charge is 0.410 e. The monoisotopic (exact) mass is 586 g/mol. The summed E-state index contributed by atoms with van der Waals surface area (Å²) in [5.41, 5.74) is 6.59. The van der Waals surface area contributed by atoms with E-state index >= 15 is 0 Å². The van der Waals surface area contributed by atoms with Crippen molar-refractivity contribution in [3.05, 3.63) is 113 Å². The molecule has 0 aliphatic heterocycles. The molecule has 6 aromatic rings. The van der Waals surface area contributed by atoms with Crippen LogP contribution in [0.4, 0.5) is 4.79 Å². The topological polar surface area (TPSA) is 106 Å². The van der Waals surface area contributed by atoms with Crippen LogP contribution in [0.5, 0.6) is 0 Å². The van der Waals surface area contributed by atoms with Gasteiger partial charge in [0, 0.05) is 44.5 Å². The van der Waals surface area contributed by atoms with E-state index in [1.807, 2.05) is 87.5 Å². The van der Waals surface area contributed by atoms with Gasteiger partial charge in [0.05, 0.1) is 22.1 Å². The zero-order chi connectivity index (χ0) is 30.8. The van der Waals surface area contributed by atoms with Gasteiger partial charge in [0.1, 0.15) is 17.1 Å². The second-order valence-electron chi connectivity index (χ2n) is 11.8. The molecule has 0 atom stereocenters. The van der Waals surface area contributed by atoms with Crippen LogP contribution < -0.4 is 5.56 Å². The molecule has 0 saturated heterocycles. The Morgan fingerprint density at radius 2 is 1.57 bits per heavy atom. The Labute approximate surface area is 255 Å². The summed E-state index contributed by atoms with van der Waals surface area (Å²) < 4.78 is 7.67. The van der Waals surface area contributed by atoms with Crippen LogP contribution in [-0.4, -0.2) is 54.7 Å². The van der Waals surface area contributed by atoms with Gasteiger partial charge in [0.25, 0.3) is 5.56 Å². The average molecular weight is 587 g/mol. The number of hydrogen-bond acceptors (Lipinski definition) is 6. The van der Waals surface area contributed by atoms with Crippen molar-refractivity contribution in [1.29, 1.82) is 0 Å². The number of aromatic amines is 1. The Hall–Kier alpha value is -5.31. The molecule has 9 heteroatoms. The first-order valence-corrected chi connectivity index (χ1v) is 14.6. The summed E-state index contributed by atoms with van der Waals surface area (Å²) in [5.74, 6) is 0.751. The number of nitrogens with zero attached hydrogens (tertiary/aromatic N) is 5. The molecular formula is C35H34N6O3. The van der Waals surface area contributed by atoms with Gasteiger partial charge in [-0.25, -0.2) is 14.8 Å². The molecule has 0 fully saturated rings. The highest BCUT2D eigenvalue weighted by atomic mass is 16.6. The van der Waals surface area contributed by atoms with Crippen LogP contribution in [-0.2, 0) is 17.7 Å². The minimum atomic E-state index is -0.590. The normalized spacial score (nSPS) is 11.6. The lowest BCUT2D eigenvalue weighted by Gasteiger charge is -2.25. The highest BCUT2D eigenvalue weighted by molar-refractivity contribution is 5.93. The van der Waals surface area contributed by atoms with Gasteiger partial charge in [-0.15, -0.1) is 0 Å². The number of benzene rings is 3. The second kappa shape index (κ2) is 11.8. The fraction of sp³-hybridized carbons (Fsp3) is 0.229. The predicted octanol–water partition coefficient (Wildman–Crippen LogP) is 6.46. The first-order chi connectivity index (χ1) is 21.1. The molecule has 0 aliphatic rings. The van der Waals surface area contributed by atoms with E-state index in [-0.39, 0.29) is 11.7 Å². The molecule has 222 valence electrons. The van der Waals surface area contributed by atoms with E-state index in [1.165, 1.54) is 0 Å². The molecule has 0 saturated carbocycles. The van der Waals surface area contributed by atoms with Gasteiger partial charge in [-0.3, -0.25) is 9.78 Å². The molecule has 3 heterocycles. The van der Waals surface area contributed by atoms with E-state index in [0.717, 1.165) is 39.1 Å². The number of carbonyl (C=O) groups is 1. The molecule has 9 nitrogen and oxygen atoms in total. The van der Waals surface area contributed by atoms with Gasteiger partial charge >= 0.3 is 6.09 Å². The summed E-state index contributed by atoms with van der Waals surface area (Å²) in [7, 11) is 1.73. The second-order valence-corrected chi connectivity index (χ2v) is 11.8. The molecule has 3 aromatic carbocycles. The van der Waals surface area contributed by atoms with E-state index in [0.29, 0.717) is 36.2 Å². The Morgan fingerprint density at radius 1 is 0.886 bits per heavy atom. The molecule has 1 amide bonds. The number of carbonyl (C=O) groups excluding carboxylic acids is 1. The lowest BCUT2D eigenvalue weighted by atomic mass is 10.0. The SMILES string of the molecule is CN(CCn1c(-c2ccc(-c3ccncc3)cc2)nc2cc3[nH]c(=O)c(Cc4ccccc4)nc3cc21)C(=O)OC(C)(C)C. The summed E-state index contributed by atoms with van der Waals surface area (Å²) in [6.45, 7) is 6.43. The minimum absolute atomic E-state index is 0.217.